The van der Waals surface area contributed by atoms with E-state index in [1.54, 1.807) is 18.2 Å². The van der Waals surface area contributed by atoms with Crippen molar-refractivity contribution in [2.45, 2.75) is 20.4 Å². The predicted octanol–water partition coefficient (Wildman–Crippen LogP) is 3.40. The molecule has 0 saturated carbocycles. The fourth-order valence-corrected chi connectivity index (χ4v) is 2.45. The molecule has 0 aliphatic carbocycles. The van der Waals surface area contributed by atoms with Crippen LogP contribution < -0.4 is 0 Å². The number of rotatable bonds is 3. The molecule has 0 aliphatic rings. The molecule has 106 valence electrons. The zero-order valence-corrected chi connectivity index (χ0v) is 12.0. The van der Waals surface area contributed by atoms with E-state index in [0.29, 0.717) is 6.54 Å². The summed E-state index contributed by atoms with van der Waals surface area (Å²) < 4.78 is 2.05. The largest absolute Gasteiger partial charge is 0.478 e. The molecule has 1 heterocycles. The van der Waals surface area contributed by atoms with Gasteiger partial charge in [-0.15, -0.1) is 0 Å². The van der Waals surface area contributed by atoms with Gasteiger partial charge in [0.15, 0.2) is 0 Å². The summed E-state index contributed by atoms with van der Waals surface area (Å²) in [6.45, 7) is 4.68. The molecule has 0 amide bonds. The smallest absolute Gasteiger partial charge is 0.335 e. The Morgan fingerprint density at radius 2 is 1.86 bits per heavy atom. The van der Waals surface area contributed by atoms with Gasteiger partial charge in [0.1, 0.15) is 5.82 Å². The fraction of sp³-hybridized carbons (Fsp3) is 0.176. The first-order valence-electron chi connectivity index (χ1n) is 6.80. The molecule has 2 aromatic carbocycles. The average Bonchev–Trinajstić information content (AvgIpc) is 2.77. The molecule has 4 heteroatoms. The summed E-state index contributed by atoms with van der Waals surface area (Å²) in [5.74, 6) is -0.0363. The van der Waals surface area contributed by atoms with E-state index in [2.05, 4.69) is 36.2 Å². The lowest BCUT2D eigenvalue weighted by Gasteiger charge is -2.08. The topological polar surface area (TPSA) is 55.1 Å². The summed E-state index contributed by atoms with van der Waals surface area (Å²) in [5, 5.41) is 9.13. The van der Waals surface area contributed by atoms with E-state index in [4.69, 9.17) is 5.11 Å². The number of fused-ring (bicyclic) bond motifs is 1. The maximum Gasteiger partial charge on any atom is 0.335 e. The SMILES string of the molecule is Cc1ccc(Cn2c(C)nc3ccc(C(=O)O)cc32)cc1. The monoisotopic (exact) mass is 280 g/mol. The Hall–Kier alpha value is -2.62. The van der Waals surface area contributed by atoms with E-state index in [1.165, 1.54) is 11.1 Å². The van der Waals surface area contributed by atoms with Gasteiger partial charge in [-0.25, -0.2) is 9.78 Å². The van der Waals surface area contributed by atoms with Crippen LogP contribution in [0.3, 0.4) is 0 Å². The van der Waals surface area contributed by atoms with Crippen molar-refractivity contribution < 1.29 is 9.90 Å². The molecule has 0 spiro atoms. The molecule has 0 bridgehead atoms. The Bertz CT molecular complexity index is 817. The minimum Gasteiger partial charge on any atom is -0.478 e. The molecular weight excluding hydrogens is 264 g/mol. The number of aromatic carboxylic acids is 1. The van der Waals surface area contributed by atoms with Gasteiger partial charge in [0.05, 0.1) is 16.6 Å². The van der Waals surface area contributed by atoms with Crippen LogP contribution in [0, 0.1) is 13.8 Å². The lowest BCUT2D eigenvalue weighted by molar-refractivity contribution is 0.0697. The minimum absolute atomic E-state index is 0.285. The maximum atomic E-state index is 11.1. The van der Waals surface area contributed by atoms with Crippen molar-refractivity contribution in [2.75, 3.05) is 0 Å². The quantitative estimate of drug-likeness (QED) is 0.800. The standard InChI is InChI=1S/C17H16N2O2/c1-11-3-5-13(6-4-11)10-19-12(2)18-15-8-7-14(17(20)21)9-16(15)19/h3-9H,10H2,1-2H3,(H,20,21). The third-order valence-electron chi connectivity index (χ3n) is 3.65. The molecule has 0 radical (unpaired) electrons. The summed E-state index contributed by atoms with van der Waals surface area (Å²) in [5.41, 5.74) is 4.35. The van der Waals surface area contributed by atoms with Gasteiger partial charge in [-0.1, -0.05) is 29.8 Å². The Morgan fingerprint density at radius 1 is 1.14 bits per heavy atom. The second-order valence-electron chi connectivity index (χ2n) is 5.24. The van der Waals surface area contributed by atoms with Crippen molar-refractivity contribution in [3.05, 3.63) is 65.0 Å². The van der Waals surface area contributed by atoms with E-state index in [0.717, 1.165) is 16.9 Å². The van der Waals surface area contributed by atoms with Gasteiger partial charge in [0.2, 0.25) is 0 Å². The molecule has 0 saturated heterocycles. The first-order chi connectivity index (χ1) is 10.0. The first-order valence-corrected chi connectivity index (χ1v) is 6.80. The van der Waals surface area contributed by atoms with Crippen LogP contribution in [0.5, 0.6) is 0 Å². The van der Waals surface area contributed by atoms with Crippen LogP contribution in [-0.2, 0) is 6.54 Å². The number of imidazole rings is 1. The lowest BCUT2D eigenvalue weighted by Crippen LogP contribution is -2.03. The van der Waals surface area contributed by atoms with Gasteiger partial charge in [-0.05, 0) is 37.6 Å². The zero-order chi connectivity index (χ0) is 15.0. The third-order valence-corrected chi connectivity index (χ3v) is 3.65. The van der Waals surface area contributed by atoms with Crippen molar-refractivity contribution in [3.63, 3.8) is 0 Å². The molecule has 0 unspecified atom stereocenters. The highest BCUT2D eigenvalue weighted by atomic mass is 16.4. The molecule has 4 nitrogen and oxygen atoms in total. The molecule has 21 heavy (non-hydrogen) atoms. The van der Waals surface area contributed by atoms with Crippen molar-refractivity contribution in [1.29, 1.82) is 0 Å². The van der Waals surface area contributed by atoms with Gasteiger partial charge in [-0.2, -0.15) is 0 Å². The normalized spacial score (nSPS) is 11.0. The molecule has 1 aromatic heterocycles. The number of benzene rings is 2. The van der Waals surface area contributed by atoms with Crippen LogP contribution in [-0.4, -0.2) is 20.6 Å². The maximum absolute atomic E-state index is 11.1. The van der Waals surface area contributed by atoms with Gasteiger partial charge in [-0.3, -0.25) is 0 Å². The van der Waals surface area contributed by atoms with Crippen LogP contribution in [0.1, 0.15) is 27.3 Å². The van der Waals surface area contributed by atoms with Gasteiger partial charge in [0, 0.05) is 6.54 Å². The van der Waals surface area contributed by atoms with Crippen LogP contribution >= 0.6 is 0 Å². The van der Waals surface area contributed by atoms with Crippen LogP contribution in [0.15, 0.2) is 42.5 Å². The van der Waals surface area contributed by atoms with Gasteiger partial charge >= 0.3 is 5.97 Å². The van der Waals surface area contributed by atoms with E-state index < -0.39 is 5.97 Å². The highest BCUT2D eigenvalue weighted by Gasteiger charge is 2.11. The van der Waals surface area contributed by atoms with E-state index in [1.807, 2.05) is 11.5 Å². The summed E-state index contributed by atoms with van der Waals surface area (Å²) in [4.78, 5) is 15.6. The molecule has 3 aromatic rings. The number of hydrogen-bond donors (Lipinski definition) is 1. The number of carbonyl (C=O) groups is 1. The molecule has 0 atom stereocenters. The summed E-state index contributed by atoms with van der Waals surface area (Å²) >= 11 is 0. The predicted molar refractivity (Wildman–Crippen MR) is 81.7 cm³/mol. The Balaban J connectivity index is 2.08. The Labute approximate surface area is 122 Å². The summed E-state index contributed by atoms with van der Waals surface area (Å²) in [6.07, 6.45) is 0. The van der Waals surface area contributed by atoms with Crippen molar-refractivity contribution >= 4 is 17.0 Å². The highest BCUT2D eigenvalue weighted by Crippen LogP contribution is 2.19. The van der Waals surface area contributed by atoms with E-state index in [9.17, 15) is 4.79 Å². The molecule has 1 N–H and O–H groups in total. The molecule has 3 rings (SSSR count). The zero-order valence-electron chi connectivity index (χ0n) is 12.0. The molecule has 0 fully saturated rings. The van der Waals surface area contributed by atoms with Gasteiger partial charge in [0.25, 0.3) is 0 Å². The number of hydrogen-bond acceptors (Lipinski definition) is 2. The fourth-order valence-electron chi connectivity index (χ4n) is 2.45. The number of carboxylic acids is 1. The van der Waals surface area contributed by atoms with Crippen LogP contribution in [0.2, 0.25) is 0 Å². The molecular formula is C17H16N2O2. The van der Waals surface area contributed by atoms with Crippen LogP contribution in [0.4, 0.5) is 0 Å². The molecule has 0 aliphatic heterocycles. The average molecular weight is 280 g/mol. The third kappa shape index (κ3) is 2.52. The second kappa shape index (κ2) is 5.05. The lowest BCUT2D eigenvalue weighted by atomic mass is 10.1. The highest BCUT2D eigenvalue weighted by molar-refractivity contribution is 5.92. The summed E-state index contributed by atoms with van der Waals surface area (Å²) in [6, 6.07) is 13.4. The second-order valence-corrected chi connectivity index (χ2v) is 5.24. The van der Waals surface area contributed by atoms with Crippen molar-refractivity contribution in [3.8, 4) is 0 Å². The van der Waals surface area contributed by atoms with E-state index >= 15 is 0 Å². The van der Waals surface area contributed by atoms with Crippen LogP contribution in [0.25, 0.3) is 11.0 Å². The number of aryl methyl sites for hydroxylation is 2. The first kappa shape index (κ1) is 13.4. The van der Waals surface area contributed by atoms with Gasteiger partial charge < -0.3 is 9.67 Å². The minimum atomic E-state index is -0.919. The van der Waals surface area contributed by atoms with Crippen molar-refractivity contribution in [2.24, 2.45) is 0 Å². The Morgan fingerprint density at radius 3 is 2.52 bits per heavy atom. The Kier molecular flexibility index (Phi) is 3.22. The van der Waals surface area contributed by atoms with E-state index in [-0.39, 0.29) is 5.56 Å². The summed E-state index contributed by atoms with van der Waals surface area (Å²) in [7, 11) is 0. The number of carboxylic acid groups (broad SMARTS) is 1. The number of aromatic nitrogens is 2. The number of nitrogens with zero attached hydrogens (tertiary/aromatic N) is 2. The van der Waals surface area contributed by atoms with Crippen molar-refractivity contribution in [1.82, 2.24) is 9.55 Å².